The molecule has 166 valence electrons. The summed E-state index contributed by atoms with van der Waals surface area (Å²) in [4.78, 5) is 40.5. The van der Waals surface area contributed by atoms with Gasteiger partial charge in [0.2, 0.25) is 0 Å². The van der Waals surface area contributed by atoms with E-state index in [2.05, 4.69) is 4.98 Å². The van der Waals surface area contributed by atoms with Crippen molar-refractivity contribution in [1.82, 2.24) is 4.98 Å². The largest absolute Gasteiger partial charge is 0.459 e. The maximum atomic E-state index is 12.4. The van der Waals surface area contributed by atoms with Crippen LogP contribution in [0, 0.1) is 0 Å². The maximum Gasteiger partial charge on any atom is 0.330 e. The van der Waals surface area contributed by atoms with Crippen LogP contribution < -0.4 is 0 Å². The van der Waals surface area contributed by atoms with E-state index in [1.807, 2.05) is 12.1 Å². The monoisotopic (exact) mass is 429 g/mol. The summed E-state index contributed by atoms with van der Waals surface area (Å²) in [6, 6.07) is 5.45. The first-order valence-electron chi connectivity index (χ1n) is 9.97. The average molecular weight is 429 g/mol. The van der Waals surface area contributed by atoms with E-state index in [1.54, 1.807) is 38.3 Å². The molecular weight excluding hydrogens is 402 g/mol. The van der Waals surface area contributed by atoms with Gasteiger partial charge in [0, 0.05) is 24.8 Å². The van der Waals surface area contributed by atoms with Gasteiger partial charge in [-0.2, -0.15) is 0 Å². The summed E-state index contributed by atoms with van der Waals surface area (Å²) in [6.07, 6.45) is 5.04. The normalized spacial score (nSPS) is 28.8. The zero-order valence-electron chi connectivity index (χ0n) is 17.8. The fraction of sp³-hybridized carbons (Fsp3) is 0.391. The van der Waals surface area contributed by atoms with Gasteiger partial charge in [0.05, 0.1) is 12.1 Å². The van der Waals surface area contributed by atoms with Gasteiger partial charge in [0.25, 0.3) is 0 Å². The third-order valence-corrected chi connectivity index (χ3v) is 4.43. The highest BCUT2D eigenvalue weighted by Crippen LogP contribution is 2.17. The molecular formula is C23H27NO7. The van der Waals surface area contributed by atoms with Crippen molar-refractivity contribution in [3.8, 4) is 0 Å². The second kappa shape index (κ2) is 11.8. The van der Waals surface area contributed by atoms with Crippen molar-refractivity contribution in [2.24, 2.45) is 0 Å². The lowest BCUT2D eigenvalue weighted by Crippen LogP contribution is -2.27. The van der Waals surface area contributed by atoms with Crippen molar-refractivity contribution >= 4 is 24.0 Å². The average Bonchev–Trinajstić information content (AvgIpc) is 2.71. The Balaban J connectivity index is 2.23. The number of rotatable bonds is 2. The Labute approximate surface area is 181 Å². The molecule has 1 aliphatic rings. The molecule has 0 aromatic carbocycles. The predicted octanol–water partition coefficient (Wildman–Crippen LogP) is 2.53. The smallest absolute Gasteiger partial charge is 0.330 e. The zero-order chi connectivity index (χ0) is 22.8. The van der Waals surface area contributed by atoms with Crippen LogP contribution in [-0.4, -0.2) is 52.4 Å². The van der Waals surface area contributed by atoms with Gasteiger partial charge in [-0.05, 0) is 50.6 Å². The summed E-state index contributed by atoms with van der Waals surface area (Å²) in [5.41, 5.74) is 1.42. The van der Waals surface area contributed by atoms with Gasteiger partial charge < -0.3 is 19.3 Å². The Kier molecular flexibility index (Phi) is 9.14. The Hall–Kier alpha value is -3.26. The molecule has 0 saturated carbocycles. The van der Waals surface area contributed by atoms with E-state index in [1.165, 1.54) is 19.1 Å². The highest BCUT2D eigenvalue weighted by molar-refractivity contribution is 5.83. The summed E-state index contributed by atoms with van der Waals surface area (Å²) in [5.74, 6) is -1.95. The quantitative estimate of drug-likeness (QED) is 0.564. The van der Waals surface area contributed by atoms with Crippen LogP contribution in [0.4, 0.5) is 0 Å². The Morgan fingerprint density at radius 3 is 2.55 bits per heavy atom. The summed E-state index contributed by atoms with van der Waals surface area (Å²) >= 11 is 0. The first kappa shape index (κ1) is 24.0. The second-order valence-corrected chi connectivity index (χ2v) is 7.20. The van der Waals surface area contributed by atoms with Gasteiger partial charge in [0.1, 0.15) is 24.4 Å². The number of aliphatic hydroxyl groups is 1. The van der Waals surface area contributed by atoms with Crippen molar-refractivity contribution in [2.75, 3.05) is 0 Å². The van der Waals surface area contributed by atoms with Gasteiger partial charge in [-0.3, -0.25) is 9.78 Å². The molecule has 0 saturated heterocycles. The predicted molar refractivity (Wildman–Crippen MR) is 112 cm³/mol. The van der Waals surface area contributed by atoms with Crippen LogP contribution in [0.25, 0.3) is 6.08 Å². The number of esters is 3. The first-order chi connectivity index (χ1) is 14.7. The fourth-order valence-electron chi connectivity index (χ4n) is 2.75. The molecule has 2 heterocycles. The molecule has 0 fully saturated rings. The van der Waals surface area contributed by atoms with Crippen LogP contribution >= 0.6 is 0 Å². The molecule has 0 amide bonds. The van der Waals surface area contributed by atoms with Crippen LogP contribution in [-0.2, 0) is 28.6 Å². The van der Waals surface area contributed by atoms with Gasteiger partial charge >= 0.3 is 17.9 Å². The Morgan fingerprint density at radius 1 is 1.10 bits per heavy atom. The minimum atomic E-state index is -1.19. The Bertz CT molecular complexity index is 860. The van der Waals surface area contributed by atoms with Crippen molar-refractivity contribution < 1.29 is 33.7 Å². The summed E-state index contributed by atoms with van der Waals surface area (Å²) in [6.45, 7) is 4.87. The minimum Gasteiger partial charge on any atom is -0.459 e. The van der Waals surface area contributed by atoms with E-state index in [9.17, 15) is 19.5 Å². The maximum absolute atomic E-state index is 12.4. The van der Waals surface area contributed by atoms with Crippen LogP contribution in [0.15, 0.2) is 54.3 Å². The topological polar surface area (TPSA) is 112 Å². The van der Waals surface area contributed by atoms with Crippen molar-refractivity contribution in [1.29, 1.82) is 0 Å². The number of carbonyl (C=O) groups is 3. The fourth-order valence-corrected chi connectivity index (χ4v) is 2.75. The molecule has 0 radical (unpaired) electrons. The zero-order valence-corrected chi connectivity index (χ0v) is 17.8. The third kappa shape index (κ3) is 8.55. The summed E-state index contributed by atoms with van der Waals surface area (Å²) in [5, 5.41) is 10.0. The molecule has 31 heavy (non-hydrogen) atoms. The molecule has 1 aliphatic heterocycles. The lowest BCUT2D eigenvalue weighted by atomic mass is 10.1. The van der Waals surface area contributed by atoms with Gasteiger partial charge in [-0.1, -0.05) is 12.1 Å². The lowest BCUT2D eigenvalue weighted by molar-refractivity contribution is -0.153. The molecule has 0 unspecified atom stereocenters. The van der Waals surface area contributed by atoms with E-state index in [4.69, 9.17) is 14.2 Å². The molecule has 8 heteroatoms. The van der Waals surface area contributed by atoms with Crippen LogP contribution in [0.1, 0.15) is 39.3 Å². The summed E-state index contributed by atoms with van der Waals surface area (Å²) < 4.78 is 15.8. The number of hydrogen-bond donors (Lipinski definition) is 1. The van der Waals surface area contributed by atoms with E-state index >= 15 is 0 Å². The molecule has 0 aliphatic carbocycles. The number of hydrogen-bond acceptors (Lipinski definition) is 8. The second-order valence-electron chi connectivity index (χ2n) is 7.20. The molecule has 0 spiro atoms. The van der Waals surface area contributed by atoms with E-state index in [0.29, 0.717) is 5.69 Å². The lowest BCUT2D eigenvalue weighted by Gasteiger charge is -2.20. The van der Waals surface area contributed by atoms with Crippen molar-refractivity contribution in [3.63, 3.8) is 0 Å². The first-order valence-corrected chi connectivity index (χ1v) is 9.97. The van der Waals surface area contributed by atoms with Gasteiger partial charge in [-0.25, -0.2) is 9.59 Å². The highest BCUT2D eigenvalue weighted by atomic mass is 16.6. The van der Waals surface area contributed by atoms with E-state index < -0.39 is 42.3 Å². The number of cyclic esters (lactones) is 3. The number of carbonyl (C=O) groups excluding carboxylic acids is 3. The molecule has 1 aromatic rings. The number of pyridine rings is 1. The SMILES string of the molecule is C/C(=C\c1ccccn1)[C@H]1C/C=C/C(=O)O[C@@H](C)[C@H](O)/C=C/C(=O)O[C@@H](C)CC(=O)O1. The molecule has 2 rings (SSSR count). The van der Waals surface area contributed by atoms with Crippen LogP contribution in [0.5, 0.6) is 0 Å². The number of aliphatic hydroxyl groups excluding tert-OH is 1. The van der Waals surface area contributed by atoms with E-state index in [-0.39, 0.29) is 12.8 Å². The highest BCUT2D eigenvalue weighted by Gasteiger charge is 2.21. The number of nitrogens with zero attached hydrogens (tertiary/aromatic N) is 1. The van der Waals surface area contributed by atoms with Crippen LogP contribution in [0.3, 0.4) is 0 Å². The van der Waals surface area contributed by atoms with Crippen LogP contribution in [0.2, 0.25) is 0 Å². The van der Waals surface area contributed by atoms with Crippen molar-refractivity contribution in [3.05, 3.63) is 60.0 Å². The van der Waals surface area contributed by atoms with Gasteiger partial charge in [-0.15, -0.1) is 0 Å². The Morgan fingerprint density at radius 2 is 1.84 bits per heavy atom. The molecule has 8 nitrogen and oxygen atoms in total. The molecule has 0 bridgehead atoms. The molecule has 4 atom stereocenters. The minimum absolute atomic E-state index is 0.141. The van der Waals surface area contributed by atoms with E-state index in [0.717, 1.165) is 11.6 Å². The molecule has 1 aromatic heterocycles. The third-order valence-electron chi connectivity index (χ3n) is 4.43. The number of ether oxygens (including phenoxy) is 3. The molecule has 1 N–H and O–H groups in total. The number of aromatic nitrogens is 1. The standard InChI is InChI=1S/C23H27NO7/c1-15(13-18-7-4-5-12-24-18)20-8-6-9-21(26)30-17(3)19(25)10-11-22(27)29-16(2)14-23(28)31-20/h4-7,9-13,16-17,19-20,25H,8,14H2,1-3H3/b9-6+,11-10+,15-13+/t16-,17-,19+,20+/m0/s1. The summed E-state index contributed by atoms with van der Waals surface area (Å²) in [7, 11) is 0. The van der Waals surface area contributed by atoms with Gasteiger partial charge in [0.15, 0.2) is 0 Å². The van der Waals surface area contributed by atoms with Crippen molar-refractivity contribution in [2.45, 2.75) is 58.0 Å².